The van der Waals surface area contributed by atoms with Gasteiger partial charge in [0.1, 0.15) is 11.7 Å². The fraction of sp³-hybridized carbons (Fsp3) is 0.774. The van der Waals surface area contributed by atoms with Gasteiger partial charge in [-0.05, 0) is 68.6 Å². The summed E-state index contributed by atoms with van der Waals surface area (Å²) in [5, 5.41) is 15.0. The molecular formula is C31H44ClNO7. The third-order valence-corrected chi connectivity index (χ3v) is 11.2. The quantitative estimate of drug-likeness (QED) is 0.222. The van der Waals surface area contributed by atoms with Crippen LogP contribution in [0.2, 0.25) is 0 Å². The van der Waals surface area contributed by atoms with Gasteiger partial charge < -0.3 is 24.1 Å². The molecule has 4 bridgehead atoms. The number of hydrogen-bond acceptors (Lipinski definition) is 7. The van der Waals surface area contributed by atoms with E-state index in [1.807, 2.05) is 20.8 Å². The molecular weight excluding hydrogens is 534 g/mol. The molecule has 40 heavy (non-hydrogen) atoms. The fourth-order valence-electron chi connectivity index (χ4n) is 9.81. The van der Waals surface area contributed by atoms with E-state index in [-0.39, 0.29) is 42.4 Å². The number of nitrogens with one attached hydrogen (secondary N) is 1. The first-order chi connectivity index (χ1) is 18.8. The van der Waals surface area contributed by atoms with Gasteiger partial charge in [0.15, 0.2) is 0 Å². The van der Waals surface area contributed by atoms with Gasteiger partial charge >= 0.3 is 11.9 Å². The number of carbonyl (C=O) groups is 3. The number of aldehydes is 1. The second kappa shape index (κ2) is 10.5. The fourth-order valence-corrected chi connectivity index (χ4v) is 9.99. The van der Waals surface area contributed by atoms with Gasteiger partial charge in [-0.2, -0.15) is 0 Å². The summed E-state index contributed by atoms with van der Waals surface area (Å²) in [6, 6.07) is -0.143. The van der Waals surface area contributed by atoms with Gasteiger partial charge in [-0.25, -0.2) is 0 Å². The zero-order valence-corrected chi connectivity index (χ0v) is 25.0. The maximum absolute atomic E-state index is 13.7. The first kappa shape index (κ1) is 29.7. The Kier molecular flexibility index (Phi) is 7.82. The monoisotopic (exact) mass is 577 g/mol. The molecule has 222 valence electrons. The molecule has 1 aliphatic heterocycles. The van der Waals surface area contributed by atoms with Crippen molar-refractivity contribution in [2.24, 2.45) is 45.8 Å². The van der Waals surface area contributed by atoms with Crippen molar-refractivity contribution in [1.29, 1.82) is 0 Å². The second-order valence-corrected chi connectivity index (χ2v) is 14.0. The van der Waals surface area contributed by atoms with Crippen molar-refractivity contribution in [3.63, 3.8) is 0 Å². The van der Waals surface area contributed by atoms with Gasteiger partial charge in [0.25, 0.3) is 0 Å². The normalized spacial score (nSPS) is 45.5. The van der Waals surface area contributed by atoms with Crippen molar-refractivity contribution in [3.8, 4) is 0 Å². The molecule has 0 aromatic heterocycles. The number of carbonyl (C=O) groups excluding carboxylic acids is 2. The number of ether oxygens (including phenoxy) is 3. The van der Waals surface area contributed by atoms with Crippen molar-refractivity contribution in [1.82, 2.24) is 5.32 Å². The highest BCUT2D eigenvalue weighted by Crippen LogP contribution is 2.82. The summed E-state index contributed by atoms with van der Waals surface area (Å²) < 4.78 is 18.5. The SMILES string of the molecule is C=C(Cl)CC1C[C@@H](C)O[C@@H](OC[C@@]23C[C@@H]4[C@H](C)CC[C@H]4[C@@]4(C=O)C[C@@H]2C=C(C(C)C)[C@@]34C(=O)O)[C@@H](OC(C)=O)N1. The Bertz CT molecular complexity index is 1110. The van der Waals surface area contributed by atoms with Crippen molar-refractivity contribution in [2.75, 3.05) is 6.61 Å². The Morgan fingerprint density at radius 2 is 2.02 bits per heavy atom. The van der Waals surface area contributed by atoms with E-state index in [9.17, 15) is 19.5 Å². The second-order valence-electron chi connectivity index (χ2n) is 13.5. The predicted octanol–water partition coefficient (Wildman–Crippen LogP) is 5.05. The Labute approximate surface area is 242 Å². The number of esters is 1. The molecule has 4 aliphatic carbocycles. The molecule has 0 aromatic carbocycles. The lowest BCUT2D eigenvalue weighted by Crippen LogP contribution is -2.64. The molecule has 1 saturated heterocycles. The molecule has 5 rings (SSSR count). The summed E-state index contributed by atoms with van der Waals surface area (Å²) >= 11 is 6.11. The van der Waals surface area contributed by atoms with Crippen LogP contribution in [0.15, 0.2) is 23.3 Å². The third-order valence-electron chi connectivity index (χ3n) is 11.0. The molecule has 1 heterocycles. The topological polar surface area (TPSA) is 111 Å². The summed E-state index contributed by atoms with van der Waals surface area (Å²) in [5.74, 6) is -0.829. The highest BCUT2D eigenvalue weighted by atomic mass is 35.5. The minimum atomic E-state index is -1.34. The summed E-state index contributed by atoms with van der Waals surface area (Å²) in [7, 11) is 0. The maximum Gasteiger partial charge on any atom is 0.315 e. The highest BCUT2D eigenvalue weighted by Gasteiger charge is 2.84. The van der Waals surface area contributed by atoms with Crippen LogP contribution in [0.25, 0.3) is 0 Å². The van der Waals surface area contributed by atoms with E-state index in [0.717, 1.165) is 24.7 Å². The molecule has 11 atom stereocenters. The lowest BCUT2D eigenvalue weighted by Gasteiger charge is -2.58. The molecule has 0 aromatic rings. The van der Waals surface area contributed by atoms with Gasteiger partial charge in [0.05, 0.1) is 18.1 Å². The first-order valence-corrected chi connectivity index (χ1v) is 15.2. The van der Waals surface area contributed by atoms with E-state index >= 15 is 0 Å². The Morgan fingerprint density at radius 1 is 1.30 bits per heavy atom. The van der Waals surface area contributed by atoms with Crippen molar-refractivity contribution >= 4 is 29.8 Å². The predicted molar refractivity (Wildman–Crippen MR) is 149 cm³/mol. The van der Waals surface area contributed by atoms with Crippen molar-refractivity contribution < 1.29 is 33.7 Å². The van der Waals surface area contributed by atoms with Gasteiger partial charge in [-0.1, -0.05) is 57.0 Å². The summed E-state index contributed by atoms with van der Waals surface area (Å²) in [6.45, 7) is 13.4. The number of carboxylic acids is 1. The number of rotatable bonds is 9. The summed E-state index contributed by atoms with van der Waals surface area (Å²) in [4.78, 5) is 39.0. The standard InChI is InChI=1S/C31H44ClNO7/c1-16(2)25-11-21-12-29(14-34)24-8-7-17(3)23(24)13-30(21,31(25,29)28(36)37)15-38-27-26(40-20(6)35)33-22(9-18(4)32)10-19(5)39-27/h11,14,16-17,19,21-24,26-27,33H,4,7-10,12-13,15H2,1-3,5-6H3,(H,36,37)/t17-,19-,21+,22?,23-,24-,26-,27-,29+,30+,31+/m1/s1. The van der Waals surface area contributed by atoms with Crippen LogP contribution in [-0.4, -0.2) is 54.6 Å². The van der Waals surface area contributed by atoms with Crippen molar-refractivity contribution in [3.05, 3.63) is 23.3 Å². The molecule has 1 unspecified atom stereocenters. The van der Waals surface area contributed by atoms with E-state index in [1.54, 1.807) is 0 Å². The highest BCUT2D eigenvalue weighted by molar-refractivity contribution is 6.29. The molecule has 0 radical (unpaired) electrons. The zero-order chi connectivity index (χ0) is 29.2. The Hall–Kier alpha value is -1.74. The largest absolute Gasteiger partial charge is 0.481 e. The number of aliphatic carboxylic acids is 1. The number of fused-ring (bicyclic) bond motifs is 2. The minimum Gasteiger partial charge on any atom is -0.481 e. The van der Waals surface area contributed by atoms with Gasteiger partial charge in [0.2, 0.25) is 12.5 Å². The van der Waals surface area contributed by atoms with E-state index in [4.69, 9.17) is 25.8 Å². The van der Waals surface area contributed by atoms with Gasteiger partial charge in [-0.15, -0.1) is 0 Å². The lowest BCUT2D eigenvalue weighted by atomic mass is 9.43. The molecule has 5 aliphatic rings. The van der Waals surface area contributed by atoms with Gasteiger partial charge in [0, 0.05) is 23.4 Å². The van der Waals surface area contributed by atoms with E-state index in [2.05, 4.69) is 24.9 Å². The maximum atomic E-state index is 13.7. The van der Waals surface area contributed by atoms with Crippen molar-refractivity contribution in [2.45, 2.75) is 97.8 Å². The summed E-state index contributed by atoms with van der Waals surface area (Å²) in [5.41, 5.74) is -2.25. The number of hydrogen-bond donors (Lipinski definition) is 2. The third kappa shape index (κ3) is 4.15. The molecule has 0 spiro atoms. The molecule has 3 saturated carbocycles. The van der Waals surface area contributed by atoms with Gasteiger partial charge in [-0.3, -0.25) is 14.9 Å². The van der Waals surface area contributed by atoms with Crippen LogP contribution in [0, 0.1) is 45.8 Å². The molecule has 4 fully saturated rings. The Morgan fingerprint density at radius 3 is 2.62 bits per heavy atom. The van der Waals surface area contributed by atoms with Crippen LogP contribution in [0.1, 0.15) is 73.1 Å². The van der Waals surface area contributed by atoms with E-state index in [1.165, 1.54) is 6.92 Å². The number of allylic oxidation sites excluding steroid dienone is 1. The number of halogens is 1. The molecule has 9 heteroatoms. The lowest BCUT2D eigenvalue weighted by molar-refractivity contribution is -0.245. The molecule has 0 amide bonds. The van der Waals surface area contributed by atoms with Crippen LogP contribution in [-0.2, 0) is 28.6 Å². The molecule has 8 nitrogen and oxygen atoms in total. The van der Waals surface area contributed by atoms with Crippen LogP contribution in [0.3, 0.4) is 0 Å². The number of carboxylic acid groups (broad SMARTS) is 1. The van der Waals surface area contributed by atoms with E-state index in [0.29, 0.717) is 36.6 Å². The summed E-state index contributed by atoms with van der Waals surface area (Å²) in [6.07, 6.45) is 5.21. The van der Waals surface area contributed by atoms with Crippen LogP contribution in [0.4, 0.5) is 0 Å². The first-order valence-electron chi connectivity index (χ1n) is 14.8. The van der Waals surface area contributed by atoms with Crippen LogP contribution >= 0.6 is 11.6 Å². The van der Waals surface area contributed by atoms with E-state index < -0.39 is 40.7 Å². The van der Waals surface area contributed by atoms with Crippen LogP contribution < -0.4 is 5.32 Å². The molecule has 2 N–H and O–H groups in total. The van der Waals surface area contributed by atoms with Crippen LogP contribution in [0.5, 0.6) is 0 Å². The zero-order valence-electron chi connectivity index (χ0n) is 24.3. The Balaban J connectivity index is 1.54. The smallest absolute Gasteiger partial charge is 0.315 e. The average molecular weight is 578 g/mol. The minimum absolute atomic E-state index is 0.0236. The average Bonchev–Trinajstić information content (AvgIpc) is 3.38.